The zero-order valence-corrected chi connectivity index (χ0v) is 35.5. The van der Waals surface area contributed by atoms with Crippen molar-refractivity contribution >= 4 is 11.8 Å². The van der Waals surface area contributed by atoms with Gasteiger partial charge in [0, 0.05) is 50.6 Å². The van der Waals surface area contributed by atoms with Gasteiger partial charge in [-0.3, -0.25) is 9.59 Å². The van der Waals surface area contributed by atoms with Crippen molar-refractivity contribution in [3.8, 4) is 0 Å². The van der Waals surface area contributed by atoms with Crippen LogP contribution < -0.4 is 10.6 Å². The number of ether oxygens (including phenoxy) is 1. The summed E-state index contributed by atoms with van der Waals surface area (Å²) in [6.45, 7) is 5.09. The summed E-state index contributed by atoms with van der Waals surface area (Å²) in [7, 11) is 0. The van der Waals surface area contributed by atoms with Crippen molar-refractivity contribution in [2.45, 2.75) is 140 Å². The van der Waals surface area contributed by atoms with E-state index in [1.807, 2.05) is 50.2 Å². The predicted molar refractivity (Wildman–Crippen MR) is 236 cm³/mol. The van der Waals surface area contributed by atoms with Crippen LogP contribution in [-0.4, -0.2) is 82.0 Å². The monoisotopic (exact) mass is 813 g/mol. The molecule has 0 aliphatic heterocycles. The summed E-state index contributed by atoms with van der Waals surface area (Å²) in [6, 6.07) is 20.7. The summed E-state index contributed by atoms with van der Waals surface area (Å²) in [4.78, 5) is 23.6. The molecule has 2 aromatic rings. The maximum absolute atomic E-state index is 11.8. The summed E-state index contributed by atoms with van der Waals surface area (Å²) in [5.41, 5.74) is 2.42. The van der Waals surface area contributed by atoms with Crippen molar-refractivity contribution < 1.29 is 34.8 Å². The minimum absolute atomic E-state index is 0.0625. The van der Waals surface area contributed by atoms with Crippen LogP contribution in [0.4, 0.5) is 0 Å². The standard InChI is InChI=1S/C50H72N2O7/c1-3-51-49(57)25-17-7-5-15-23-41-43(47(55)35-45(41)53)33-31-39(29-27-37-19-11-9-12-20-37)59-40(30-28-38-21-13-10-14-22-38)32-34-44-42(46(54)36-48(44)56)24-16-6-8-18-26-50(58)52-4-2/h5-6,9-16,19-22,31-34,39-48,53-56H,3-4,7-8,17-18,23-30,35-36H2,1-2H3,(H,51,57)(H,52,58)/b15-5-,16-6-,33-31+,34-32+/t39-,40-,41+,42+,43+,44+,45-,46-,47+,48+/m0/s1. The molecule has 4 rings (SSSR count). The molecule has 2 aliphatic carbocycles. The Morgan fingerprint density at radius 1 is 0.627 bits per heavy atom. The number of nitrogens with one attached hydrogen (secondary N) is 2. The summed E-state index contributed by atoms with van der Waals surface area (Å²) < 4.78 is 6.98. The number of aliphatic hydroxyl groups is 4. The second kappa shape index (κ2) is 27.1. The molecule has 324 valence electrons. The lowest BCUT2D eigenvalue weighted by atomic mass is 9.89. The molecule has 9 nitrogen and oxygen atoms in total. The van der Waals surface area contributed by atoms with E-state index in [1.54, 1.807) is 0 Å². The summed E-state index contributed by atoms with van der Waals surface area (Å²) >= 11 is 0. The van der Waals surface area contributed by atoms with E-state index in [4.69, 9.17) is 4.74 Å². The Hall–Kier alpha value is -3.86. The molecular weight excluding hydrogens is 741 g/mol. The lowest BCUT2D eigenvalue weighted by Gasteiger charge is -2.25. The Bertz CT molecular complexity index is 1480. The van der Waals surface area contributed by atoms with Gasteiger partial charge in [-0.05, 0) is 101 Å². The van der Waals surface area contributed by atoms with Crippen molar-refractivity contribution in [1.82, 2.24) is 10.6 Å². The summed E-state index contributed by atoms with van der Waals surface area (Å²) in [6.07, 6.45) is 22.5. The van der Waals surface area contributed by atoms with E-state index >= 15 is 0 Å². The number of unbranched alkanes of at least 4 members (excludes halogenated alkanes) is 2. The van der Waals surface area contributed by atoms with Gasteiger partial charge in [-0.15, -0.1) is 0 Å². The van der Waals surface area contributed by atoms with Gasteiger partial charge in [-0.25, -0.2) is 0 Å². The highest BCUT2D eigenvalue weighted by Crippen LogP contribution is 2.38. The Morgan fingerprint density at radius 2 is 1.03 bits per heavy atom. The largest absolute Gasteiger partial charge is 0.393 e. The van der Waals surface area contributed by atoms with Crippen LogP contribution in [0.25, 0.3) is 0 Å². The number of aryl methyl sites for hydroxylation is 2. The highest BCUT2D eigenvalue weighted by molar-refractivity contribution is 5.76. The molecule has 2 amide bonds. The van der Waals surface area contributed by atoms with Crippen LogP contribution in [0.3, 0.4) is 0 Å². The molecule has 0 aromatic heterocycles. The lowest BCUT2D eigenvalue weighted by molar-refractivity contribution is -0.121. The first kappa shape index (κ1) is 47.8. The number of hydrogen-bond donors (Lipinski definition) is 6. The van der Waals surface area contributed by atoms with Gasteiger partial charge in [0.2, 0.25) is 11.8 Å². The van der Waals surface area contributed by atoms with Crippen LogP contribution in [-0.2, 0) is 27.2 Å². The predicted octanol–water partition coefficient (Wildman–Crippen LogP) is 7.34. The molecule has 59 heavy (non-hydrogen) atoms. The molecule has 0 radical (unpaired) electrons. The highest BCUT2D eigenvalue weighted by Gasteiger charge is 2.40. The number of amides is 2. The zero-order chi connectivity index (χ0) is 42.2. The van der Waals surface area contributed by atoms with Crippen LogP contribution >= 0.6 is 0 Å². The molecule has 0 bridgehead atoms. The Labute approximate surface area is 353 Å². The molecule has 0 unspecified atom stereocenters. The molecule has 2 saturated carbocycles. The number of benzene rings is 2. The van der Waals surface area contributed by atoms with Crippen molar-refractivity contribution in [3.63, 3.8) is 0 Å². The van der Waals surface area contributed by atoms with Gasteiger partial charge in [0.15, 0.2) is 0 Å². The van der Waals surface area contributed by atoms with E-state index in [2.05, 4.69) is 83.5 Å². The van der Waals surface area contributed by atoms with Gasteiger partial charge in [0.1, 0.15) is 0 Å². The van der Waals surface area contributed by atoms with Crippen molar-refractivity contribution in [3.05, 3.63) is 120 Å². The molecular formula is C50H72N2O7. The van der Waals surface area contributed by atoms with Crippen LogP contribution in [0.5, 0.6) is 0 Å². The van der Waals surface area contributed by atoms with Gasteiger partial charge in [0.25, 0.3) is 0 Å². The minimum atomic E-state index is -0.664. The minimum Gasteiger partial charge on any atom is -0.393 e. The molecule has 0 heterocycles. The van der Waals surface area contributed by atoms with E-state index < -0.39 is 24.4 Å². The Morgan fingerprint density at radius 3 is 1.42 bits per heavy atom. The fourth-order valence-electron chi connectivity index (χ4n) is 8.54. The smallest absolute Gasteiger partial charge is 0.219 e. The van der Waals surface area contributed by atoms with E-state index in [0.717, 1.165) is 51.4 Å². The van der Waals surface area contributed by atoms with Crippen LogP contribution in [0.2, 0.25) is 0 Å². The SMILES string of the molecule is CCNC(=O)CCC/C=C\C[C@@H]1[C@@H](/C=C/[C@H](CCc2ccccc2)O[C@H](/C=C/[C@@H]2[C@@H](C/C=C\CCCC(=O)NCC)[C@@H](O)C[C@H]2O)CCc2ccccc2)[C@H](O)C[C@@H]1O. The first-order valence-electron chi connectivity index (χ1n) is 22.3. The van der Waals surface area contributed by atoms with Crippen LogP contribution in [0, 0.1) is 23.7 Å². The van der Waals surface area contributed by atoms with Gasteiger partial charge < -0.3 is 35.8 Å². The highest BCUT2D eigenvalue weighted by atomic mass is 16.5. The molecule has 0 spiro atoms. The van der Waals surface area contributed by atoms with E-state index in [0.29, 0.717) is 51.6 Å². The maximum atomic E-state index is 11.8. The first-order valence-corrected chi connectivity index (χ1v) is 22.3. The molecule has 10 atom stereocenters. The Balaban J connectivity index is 1.49. The summed E-state index contributed by atoms with van der Waals surface area (Å²) in [5.74, 6) is -0.607. The van der Waals surface area contributed by atoms with E-state index in [1.165, 1.54) is 11.1 Å². The van der Waals surface area contributed by atoms with Crippen LogP contribution in [0.1, 0.15) is 102 Å². The fourth-order valence-corrected chi connectivity index (χ4v) is 8.54. The van der Waals surface area contributed by atoms with Gasteiger partial charge >= 0.3 is 0 Å². The quantitative estimate of drug-likeness (QED) is 0.0431. The third-order valence-electron chi connectivity index (χ3n) is 11.8. The Kier molecular flexibility index (Phi) is 21.9. The second-order valence-electron chi connectivity index (χ2n) is 16.4. The fraction of sp³-hybridized carbons (Fsp3) is 0.560. The number of hydrogen-bond acceptors (Lipinski definition) is 7. The zero-order valence-electron chi connectivity index (χ0n) is 35.5. The number of carbonyl (C=O) groups is 2. The van der Waals surface area contributed by atoms with Gasteiger partial charge in [-0.2, -0.15) is 0 Å². The summed E-state index contributed by atoms with van der Waals surface area (Å²) in [5, 5.41) is 49.9. The lowest BCUT2D eigenvalue weighted by Crippen LogP contribution is -2.24. The first-order chi connectivity index (χ1) is 28.7. The van der Waals surface area contributed by atoms with E-state index in [9.17, 15) is 30.0 Å². The third-order valence-corrected chi connectivity index (χ3v) is 11.8. The molecule has 9 heteroatoms. The average molecular weight is 813 g/mol. The number of aliphatic hydroxyl groups excluding tert-OH is 4. The molecule has 2 aromatic carbocycles. The van der Waals surface area contributed by atoms with Gasteiger partial charge in [-0.1, -0.05) is 109 Å². The average Bonchev–Trinajstić information content (AvgIpc) is 3.66. The topological polar surface area (TPSA) is 148 Å². The van der Waals surface area contributed by atoms with Crippen molar-refractivity contribution in [2.75, 3.05) is 13.1 Å². The number of carbonyl (C=O) groups excluding carboxylic acids is 2. The number of rotatable bonds is 26. The second-order valence-corrected chi connectivity index (χ2v) is 16.4. The van der Waals surface area contributed by atoms with Crippen LogP contribution in [0.15, 0.2) is 109 Å². The third kappa shape index (κ3) is 17.3. The normalized spacial score (nSPS) is 25.7. The molecule has 2 aliphatic rings. The van der Waals surface area contributed by atoms with Gasteiger partial charge in [0.05, 0.1) is 36.6 Å². The van der Waals surface area contributed by atoms with Crippen molar-refractivity contribution in [2.24, 2.45) is 23.7 Å². The molecule has 6 N–H and O–H groups in total. The maximum Gasteiger partial charge on any atom is 0.219 e. The number of allylic oxidation sites excluding steroid dienone is 4. The van der Waals surface area contributed by atoms with Crippen molar-refractivity contribution in [1.29, 1.82) is 0 Å². The van der Waals surface area contributed by atoms with E-state index in [-0.39, 0.29) is 47.7 Å². The molecule has 2 fully saturated rings. The molecule has 0 saturated heterocycles.